The second-order valence-corrected chi connectivity index (χ2v) is 2.79. The van der Waals surface area contributed by atoms with Gasteiger partial charge in [-0.2, -0.15) is 0 Å². The highest BCUT2D eigenvalue weighted by atomic mass is 16.2. The van der Waals surface area contributed by atoms with Crippen LogP contribution in [0.25, 0.3) is 0 Å². The fourth-order valence-corrected chi connectivity index (χ4v) is 1.19. The van der Waals surface area contributed by atoms with Crippen molar-refractivity contribution < 1.29 is 9.59 Å². The first-order valence-electron chi connectivity index (χ1n) is 5.09. The highest BCUT2D eigenvalue weighted by molar-refractivity contribution is 6.01. The van der Waals surface area contributed by atoms with Gasteiger partial charge in [0.25, 0.3) is 0 Å². The van der Waals surface area contributed by atoms with Crippen LogP contribution in [0.5, 0.6) is 0 Å². The highest BCUT2D eigenvalue weighted by Gasteiger charge is 2.27. The summed E-state index contributed by atoms with van der Waals surface area (Å²) in [6, 6.07) is 0. The van der Waals surface area contributed by atoms with Crippen molar-refractivity contribution in [2.24, 2.45) is 0 Å². The van der Waals surface area contributed by atoms with Crippen molar-refractivity contribution in [2.75, 3.05) is 6.54 Å². The van der Waals surface area contributed by atoms with Gasteiger partial charge in [0.05, 0.1) is 0 Å². The zero-order chi connectivity index (χ0) is 10.3. The number of rotatable bonds is 3. The maximum absolute atomic E-state index is 11.0. The molecular formula is C10H19NO2. The number of imide groups is 1. The number of nitrogens with zero attached hydrogens (tertiary/aromatic N) is 1. The average Bonchev–Trinajstić information content (AvgIpc) is 2.47. The molecule has 0 unspecified atom stereocenters. The molecule has 0 aromatic carbocycles. The Labute approximate surface area is 80.1 Å². The van der Waals surface area contributed by atoms with Gasteiger partial charge in [0.15, 0.2) is 0 Å². The standard InChI is InChI=1S/C8H13NO2.C2H6/c1-2-3-6-9-7(10)4-5-8(9)11;1-2/h2-6H2,1H3;1-2H3. The van der Waals surface area contributed by atoms with Crippen molar-refractivity contribution in [2.45, 2.75) is 46.5 Å². The molecule has 0 bridgehead atoms. The molecule has 0 atom stereocenters. The van der Waals surface area contributed by atoms with E-state index in [4.69, 9.17) is 0 Å². The Balaban J connectivity index is 0.000000671. The summed E-state index contributed by atoms with van der Waals surface area (Å²) in [5.74, 6) is 0.00639. The number of unbranched alkanes of at least 4 members (excludes halogenated alkanes) is 1. The molecule has 76 valence electrons. The third-order valence-electron chi connectivity index (χ3n) is 1.89. The van der Waals surface area contributed by atoms with Crippen molar-refractivity contribution in [1.29, 1.82) is 0 Å². The van der Waals surface area contributed by atoms with Crippen LogP contribution in [0.1, 0.15) is 46.5 Å². The molecule has 1 saturated heterocycles. The van der Waals surface area contributed by atoms with Gasteiger partial charge >= 0.3 is 0 Å². The zero-order valence-corrected chi connectivity index (χ0v) is 8.80. The first kappa shape index (κ1) is 12.1. The summed E-state index contributed by atoms with van der Waals surface area (Å²) >= 11 is 0. The van der Waals surface area contributed by atoms with Crippen LogP contribution in [0.2, 0.25) is 0 Å². The SMILES string of the molecule is CC.CCCCN1C(=O)CCC1=O. The van der Waals surface area contributed by atoms with E-state index < -0.39 is 0 Å². The Morgan fingerprint density at radius 3 is 2.00 bits per heavy atom. The first-order chi connectivity index (χ1) is 6.25. The summed E-state index contributed by atoms with van der Waals surface area (Å²) < 4.78 is 0. The molecule has 3 heteroatoms. The van der Waals surface area contributed by atoms with Crippen LogP contribution >= 0.6 is 0 Å². The lowest BCUT2D eigenvalue weighted by Gasteiger charge is -2.11. The van der Waals surface area contributed by atoms with Gasteiger partial charge in [-0.1, -0.05) is 27.2 Å². The normalized spacial score (nSPS) is 15.8. The third kappa shape index (κ3) is 3.57. The molecule has 0 aromatic heterocycles. The molecule has 1 fully saturated rings. The molecule has 0 aromatic rings. The van der Waals surface area contributed by atoms with Crippen LogP contribution in [0.4, 0.5) is 0 Å². The second kappa shape index (κ2) is 6.63. The molecule has 1 rings (SSSR count). The highest BCUT2D eigenvalue weighted by Crippen LogP contribution is 2.11. The topological polar surface area (TPSA) is 37.4 Å². The van der Waals surface area contributed by atoms with E-state index in [1.165, 1.54) is 4.90 Å². The van der Waals surface area contributed by atoms with Gasteiger partial charge in [-0.25, -0.2) is 0 Å². The van der Waals surface area contributed by atoms with E-state index in [1.807, 2.05) is 20.8 Å². The van der Waals surface area contributed by atoms with Gasteiger partial charge in [-0.3, -0.25) is 14.5 Å². The largest absolute Gasteiger partial charge is 0.283 e. The Hall–Kier alpha value is -0.860. The van der Waals surface area contributed by atoms with Crippen LogP contribution in [-0.2, 0) is 9.59 Å². The van der Waals surface area contributed by atoms with E-state index >= 15 is 0 Å². The fourth-order valence-electron chi connectivity index (χ4n) is 1.19. The minimum atomic E-state index is 0.00319. The Morgan fingerprint density at radius 2 is 1.62 bits per heavy atom. The molecule has 1 heterocycles. The molecular weight excluding hydrogens is 166 g/mol. The minimum Gasteiger partial charge on any atom is -0.283 e. The van der Waals surface area contributed by atoms with E-state index in [-0.39, 0.29) is 11.8 Å². The monoisotopic (exact) mass is 185 g/mol. The summed E-state index contributed by atoms with van der Waals surface area (Å²) in [6.45, 7) is 6.67. The number of amides is 2. The smallest absolute Gasteiger partial charge is 0.229 e. The lowest BCUT2D eigenvalue weighted by molar-refractivity contribution is -0.138. The maximum Gasteiger partial charge on any atom is 0.229 e. The molecule has 0 spiro atoms. The predicted octanol–water partition coefficient (Wildman–Crippen LogP) is 1.96. The number of hydrogen-bond acceptors (Lipinski definition) is 2. The van der Waals surface area contributed by atoms with Crippen LogP contribution in [0, 0.1) is 0 Å². The van der Waals surface area contributed by atoms with Gasteiger partial charge in [0, 0.05) is 19.4 Å². The lowest BCUT2D eigenvalue weighted by atomic mass is 10.3. The van der Waals surface area contributed by atoms with Gasteiger partial charge in [0.2, 0.25) is 11.8 Å². The van der Waals surface area contributed by atoms with Crippen LogP contribution < -0.4 is 0 Å². The van der Waals surface area contributed by atoms with Gasteiger partial charge in [-0.15, -0.1) is 0 Å². The van der Waals surface area contributed by atoms with E-state index in [0.717, 1.165) is 12.8 Å². The van der Waals surface area contributed by atoms with Crippen LogP contribution in [0.3, 0.4) is 0 Å². The van der Waals surface area contributed by atoms with Gasteiger partial charge < -0.3 is 0 Å². The number of carbonyl (C=O) groups is 2. The minimum absolute atomic E-state index is 0.00319. The Morgan fingerprint density at radius 1 is 1.15 bits per heavy atom. The molecule has 0 aliphatic carbocycles. The van der Waals surface area contributed by atoms with Crippen molar-refractivity contribution >= 4 is 11.8 Å². The van der Waals surface area contributed by atoms with Crippen LogP contribution in [-0.4, -0.2) is 23.3 Å². The van der Waals surface area contributed by atoms with Gasteiger partial charge in [0.1, 0.15) is 0 Å². The average molecular weight is 185 g/mol. The molecule has 13 heavy (non-hydrogen) atoms. The van der Waals surface area contributed by atoms with E-state index in [9.17, 15) is 9.59 Å². The summed E-state index contributed by atoms with van der Waals surface area (Å²) in [5, 5.41) is 0. The maximum atomic E-state index is 11.0. The predicted molar refractivity (Wildman–Crippen MR) is 52.2 cm³/mol. The van der Waals surface area contributed by atoms with E-state index in [2.05, 4.69) is 0 Å². The van der Waals surface area contributed by atoms with Crippen molar-refractivity contribution in [1.82, 2.24) is 4.90 Å². The summed E-state index contributed by atoms with van der Waals surface area (Å²) in [4.78, 5) is 23.4. The second-order valence-electron chi connectivity index (χ2n) is 2.79. The Kier molecular flexibility index (Phi) is 6.20. The number of hydrogen-bond donors (Lipinski definition) is 0. The molecule has 1 aliphatic heterocycles. The number of likely N-dealkylation sites (tertiary alicyclic amines) is 1. The molecule has 0 N–H and O–H groups in total. The zero-order valence-electron chi connectivity index (χ0n) is 8.80. The van der Waals surface area contributed by atoms with Gasteiger partial charge in [-0.05, 0) is 6.42 Å². The fraction of sp³-hybridized carbons (Fsp3) is 0.800. The molecule has 0 saturated carbocycles. The molecule has 1 aliphatic rings. The lowest BCUT2D eigenvalue weighted by Crippen LogP contribution is -2.29. The number of carbonyl (C=O) groups excluding carboxylic acids is 2. The summed E-state index contributed by atoms with van der Waals surface area (Å²) in [7, 11) is 0. The third-order valence-corrected chi connectivity index (χ3v) is 1.89. The van der Waals surface area contributed by atoms with E-state index in [1.54, 1.807) is 0 Å². The first-order valence-corrected chi connectivity index (χ1v) is 5.09. The van der Waals surface area contributed by atoms with Crippen LogP contribution in [0.15, 0.2) is 0 Å². The van der Waals surface area contributed by atoms with Crippen molar-refractivity contribution in [3.05, 3.63) is 0 Å². The van der Waals surface area contributed by atoms with E-state index in [0.29, 0.717) is 19.4 Å². The van der Waals surface area contributed by atoms with Crippen molar-refractivity contribution in [3.63, 3.8) is 0 Å². The summed E-state index contributed by atoms with van der Waals surface area (Å²) in [6.07, 6.45) is 2.79. The van der Waals surface area contributed by atoms with Crippen molar-refractivity contribution in [3.8, 4) is 0 Å². The molecule has 2 amide bonds. The summed E-state index contributed by atoms with van der Waals surface area (Å²) in [5.41, 5.74) is 0. The molecule has 0 radical (unpaired) electrons. The Bertz CT molecular complexity index is 162. The quantitative estimate of drug-likeness (QED) is 0.630. The molecule has 3 nitrogen and oxygen atoms in total.